The van der Waals surface area contributed by atoms with E-state index in [0.29, 0.717) is 60.0 Å². The van der Waals surface area contributed by atoms with Gasteiger partial charge in [-0.25, -0.2) is 0 Å². The molecule has 284 valence electrons. The largest absolute Gasteiger partial charge is 2.00 e. The molecule has 0 aliphatic carbocycles. The fourth-order valence-electron chi connectivity index (χ4n) is 7.60. The first-order valence-electron chi connectivity index (χ1n) is 18.1. The van der Waals surface area contributed by atoms with Gasteiger partial charge >= 0.3 is 16.5 Å². The Kier molecular flexibility index (Phi) is 13.1. The number of halogens is 1. The number of aliphatic carboxylic acids is 1. The molecule has 1 saturated heterocycles. The number of carbonyl (C=O) groups excluding carboxylic acids is 1. The average Bonchev–Trinajstić information content (AvgIpc) is 3.67. The van der Waals surface area contributed by atoms with Crippen LogP contribution in [0.5, 0.6) is 11.5 Å². The van der Waals surface area contributed by atoms with E-state index in [1.165, 1.54) is 0 Å². The fraction of sp³-hybridized carbons (Fsp3) is 0.250. The van der Waals surface area contributed by atoms with Crippen LogP contribution < -0.4 is 24.6 Å². The van der Waals surface area contributed by atoms with Crippen molar-refractivity contribution in [2.24, 2.45) is 9.98 Å². The molecule has 0 radical (unpaired) electrons. The minimum absolute atomic E-state index is 0. The molecule has 3 atom stereocenters. The molecule has 55 heavy (non-hydrogen) atoms. The first-order chi connectivity index (χ1) is 26.3. The number of aliphatic imine (C=N–C) groups is 2. The predicted octanol–water partition coefficient (Wildman–Crippen LogP) is 6.28. The van der Waals surface area contributed by atoms with Gasteiger partial charge in [-0.05, 0) is 90.9 Å². The van der Waals surface area contributed by atoms with Crippen molar-refractivity contribution >= 4 is 44.9 Å². The van der Waals surface area contributed by atoms with Crippen molar-refractivity contribution in [3.8, 4) is 11.5 Å². The minimum atomic E-state index is -1.39. The molecule has 0 aromatic heterocycles. The molecule has 0 N–H and O–H groups in total. The number of anilines is 1. The van der Waals surface area contributed by atoms with Crippen molar-refractivity contribution in [2.75, 3.05) is 32.2 Å². The molecule has 9 nitrogen and oxygen atoms in total. The Bertz CT molecular complexity index is 2150. The van der Waals surface area contributed by atoms with E-state index >= 15 is 0 Å². The van der Waals surface area contributed by atoms with E-state index < -0.39 is 18.1 Å². The number of carboxylic acids is 1. The summed E-state index contributed by atoms with van der Waals surface area (Å²) < 4.78 is 12.2. The van der Waals surface area contributed by atoms with Crippen molar-refractivity contribution < 1.29 is 41.0 Å². The van der Waals surface area contributed by atoms with Crippen LogP contribution in [0.3, 0.4) is 0 Å². The maximum Gasteiger partial charge on any atom is 2.00 e. The number of rotatable bonds is 12. The fourth-order valence-corrected chi connectivity index (χ4v) is 7.87. The third-order valence-corrected chi connectivity index (χ3v) is 10.7. The molecule has 0 amide bonds. The zero-order chi connectivity index (χ0) is 37.6. The molecular formula is C44H41BrN4NiO5. The summed E-state index contributed by atoms with van der Waals surface area (Å²) in [5, 5.41) is 27.5. The Morgan fingerprint density at radius 2 is 1.51 bits per heavy atom. The van der Waals surface area contributed by atoms with Crippen LogP contribution in [0.4, 0.5) is 11.4 Å². The Morgan fingerprint density at radius 3 is 2.20 bits per heavy atom. The van der Waals surface area contributed by atoms with Gasteiger partial charge in [-0.2, -0.15) is 0 Å². The quantitative estimate of drug-likeness (QED) is 0.0827. The monoisotopic (exact) mass is 842 g/mol. The summed E-state index contributed by atoms with van der Waals surface area (Å²) in [6.07, 6.45) is 2.26. The van der Waals surface area contributed by atoms with Crippen LogP contribution in [0.15, 0.2) is 136 Å². The molecule has 5 aromatic rings. The van der Waals surface area contributed by atoms with Crippen molar-refractivity contribution in [1.29, 1.82) is 0 Å². The van der Waals surface area contributed by atoms with Crippen molar-refractivity contribution in [3.63, 3.8) is 0 Å². The Balaban J connectivity index is 0.00000514. The van der Waals surface area contributed by atoms with Gasteiger partial charge in [-0.15, -0.1) is 0 Å². The summed E-state index contributed by atoms with van der Waals surface area (Å²) in [7, 11) is 3.14. The van der Waals surface area contributed by atoms with E-state index in [2.05, 4.69) is 37.9 Å². The number of carboxylic acid groups (broad SMARTS) is 1. The first-order valence-corrected chi connectivity index (χ1v) is 18.9. The molecule has 11 heteroatoms. The Hall–Kier alpha value is -4.96. The van der Waals surface area contributed by atoms with Crippen LogP contribution in [-0.4, -0.2) is 61.9 Å². The van der Waals surface area contributed by atoms with E-state index in [1.54, 1.807) is 20.3 Å². The van der Waals surface area contributed by atoms with Gasteiger partial charge in [0.05, 0.1) is 37.6 Å². The number of carbonyl (C=O) groups is 1. The van der Waals surface area contributed by atoms with Crippen LogP contribution in [0.2, 0.25) is 0 Å². The van der Waals surface area contributed by atoms with Crippen LogP contribution in [0.25, 0.3) is 0 Å². The zero-order valence-corrected chi connectivity index (χ0v) is 33.1. The number of methoxy groups -OCH3 is 2. The topological polar surface area (TPSA) is 113 Å². The van der Waals surface area contributed by atoms with Crippen molar-refractivity contribution in [3.05, 3.63) is 154 Å². The third kappa shape index (κ3) is 8.80. The smallest absolute Gasteiger partial charge is 0.861 e. The van der Waals surface area contributed by atoms with Gasteiger partial charge in [0.25, 0.3) is 0 Å². The van der Waals surface area contributed by atoms with E-state index in [0.717, 1.165) is 39.8 Å². The van der Waals surface area contributed by atoms with E-state index in [4.69, 9.17) is 19.5 Å². The number of hydrogen-bond acceptors (Lipinski definition) is 9. The molecule has 0 spiro atoms. The number of para-hydroxylation sites is 1. The molecule has 0 bridgehead atoms. The normalized spacial score (nSPS) is 17.9. The van der Waals surface area contributed by atoms with Gasteiger partial charge < -0.3 is 29.4 Å². The van der Waals surface area contributed by atoms with Gasteiger partial charge in [0.15, 0.2) is 11.5 Å². The Morgan fingerprint density at radius 1 is 0.855 bits per heavy atom. The van der Waals surface area contributed by atoms with Crippen LogP contribution in [-0.2, 0) is 34.3 Å². The second-order valence-electron chi connectivity index (χ2n) is 13.5. The van der Waals surface area contributed by atoms with Gasteiger partial charge in [0.1, 0.15) is 6.04 Å². The maximum absolute atomic E-state index is 14.0. The van der Waals surface area contributed by atoms with E-state index in [1.807, 2.05) is 103 Å². The van der Waals surface area contributed by atoms with Gasteiger partial charge in [-0.3, -0.25) is 14.9 Å². The summed E-state index contributed by atoms with van der Waals surface area (Å²) in [6.45, 7) is 1.99. The number of likely N-dealkylation sites (tertiary alicyclic amines) is 1. The first kappa shape index (κ1) is 39.7. The number of nitrogens with zero attached hydrogens (tertiary/aromatic N) is 4. The molecule has 1 fully saturated rings. The number of hydrogen-bond donors (Lipinski definition) is 0. The molecule has 2 aliphatic heterocycles. The zero-order valence-electron chi connectivity index (χ0n) is 30.5. The van der Waals surface area contributed by atoms with Gasteiger partial charge in [0.2, 0.25) is 0 Å². The molecular weight excluding hydrogens is 803 g/mol. The summed E-state index contributed by atoms with van der Waals surface area (Å²) in [5.74, 6) is -0.524. The molecule has 5 aromatic carbocycles. The SMILES string of the molecule is COc1cc2c(cc1OC)[C@H]([C@H](N=C(c1ccccc1)c1ccccc1N=C([O-])[C@@H]1CCCN1Cc1ccccc1)C(=O)[O-])N(c1ccc(Br)cc1)CC2.[Ni+2]. The van der Waals surface area contributed by atoms with E-state index in [-0.39, 0.29) is 28.4 Å². The Labute approximate surface area is 340 Å². The molecule has 2 heterocycles. The molecule has 7 rings (SSSR count). The second kappa shape index (κ2) is 18.1. The van der Waals surface area contributed by atoms with Crippen LogP contribution >= 0.6 is 15.9 Å². The van der Waals surface area contributed by atoms with E-state index in [9.17, 15) is 15.0 Å². The molecule has 2 aliphatic rings. The number of ether oxygens (including phenoxy) is 2. The molecule has 0 saturated carbocycles. The minimum Gasteiger partial charge on any atom is -0.861 e. The summed E-state index contributed by atoms with van der Waals surface area (Å²) in [6, 6.07) is 35.9. The van der Waals surface area contributed by atoms with Crippen molar-refractivity contribution in [2.45, 2.75) is 43.9 Å². The molecule has 0 unspecified atom stereocenters. The number of fused-ring (bicyclic) bond motifs is 1. The third-order valence-electron chi connectivity index (χ3n) is 10.2. The summed E-state index contributed by atoms with van der Waals surface area (Å²) in [4.78, 5) is 27.6. The maximum atomic E-state index is 14.0. The average molecular weight is 844 g/mol. The van der Waals surface area contributed by atoms with Crippen molar-refractivity contribution in [1.82, 2.24) is 4.90 Å². The van der Waals surface area contributed by atoms with Crippen LogP contribution in [0.1, 0.15) is 46.7 Å². The van der Waals surface area contributed by atoms with Gasteiger partial charge in [-0.1, -0.05) is 94.8 Å². The summed E-state index contributed by atoms with van der Waals surface area (Å²) in [5.41, 5.74) is 5.72. The number of benzene rings is 5. The second-order valence-corrected chi connectivity index (χ2v) is 14.4. The van der Waals surface area contributed by atoms with Crippen LogP contribution in [0, 0.1) is 0 Å². The summed E-state index contributed by atoms with van der Waals surface area (Å²) >= 11 is 3.53. The van der Waals surface area contributed by atoms with Gasteiger partial charge in [0, 0.05) is 40.4 Å². The standard InChI is InChI=1S/C44H43BrN4O5.Ni/c1-53-38-26-31-23-25-49(33-21-19-32(45)20-22-33)42(35(31)27-39(38)54-2)41(44(51)52)47-40(30-14-7-4-8-15-30)34-16-9-10-17-36(34)46-43(50)37-18-11-24-48(37)28-29-12-5-3-6-13-29;/h3-10,12-17,19-22,26-27,37,41-42H,11,18,23-25,28H2,1-2H3,(H,46,50)(H,51,52);/q;+2/p-2/t37-,41-,42+;/m0./s1. The predicted molar refractivity (Wildman–Crippen MR) is 212 cm³/mol.